The fourth-order valence-corrected chi connectivity index (χ4v) is 4.41. The van der Waals surface area contributed by atoms with E-state index in [2.05, 4.69) is 34.6 Å². The van der Waals surface area contributed by atoms with Crippen molar-refractivity contribution in [2.75, 3.05) is 0 Å². The first-order valence-electron chi connectivity index (χ1n) is 13.6. The zero-order valence-electron chi connectivity index (χ0n) is 20.9. The molecular weight excluding hydrogens is 336 g/mol. The van der Waals surface area contributed by atoms with E-state index in [1.54, 1.807) is 0 Å². The first-order valence-corrected chi connectivity index (χ1v) is 13.6. The van der Waals surface area contributed by atoms with Crippen molar-refractivity contribution in [3.63, 3.8) is 0 Å². The average Bonchev–Trinajstić information content (AvgIpc) is 2.66. The van der Waals surface area contributed by atoms with Gasteiger partial charge in [0.05, 0.1) is 0 Å². The molecule has 0 rings (SSSR count). The van der Waals surface area contributed by atoms with Gasteiger partial charge in [-0.3, -0.25) is 0 Å². The highest BCUT2D eigenvalue weighted by atomic mass is 14.1. The number of hydrogen-bond donors (Lipinski definition) is 0. The van der Waals surface area contributed by atoms with Gasteiger partial charge in [-0.1, -0.05) is 163 Å². The van der Waals surface area contributed by atoms with E-state index in [4.69, 9.17) is 0 Å². The lowest BCUT2D eigenvalue weighted by molar-refractivity contribution is 0.376. The Balaban J connectivity index is 3.31. The minimum Gasteiger partial charge on any atom is -0.0654 e. The molecule has 0 spiro atoms. The summed E-state index contributed by atoms with van der Waals surface area (Å²) in [5, 5.41) is 0. The Hall–Kier alpha value is 0. The van der Waals surface area contributed by atoms with Crippen LogP contribution in [0.15, 0.2) is 0 Å². The van der Waals surface area contributed by atoms with Crippen LogP contribution < -0.4 is 0 Å². The Labute approximate surface area is 181 Å². The SMILES string of the molecule is CCCCCCCCCCC(C)CCC(C)CCCCCCCCCC(C)C. The van der Waals surface area contributed by atoms with Gasteiger partial charge in [-0.05, 0) is 17.8 Å². The lowest BCUT2D eigenvalue weighted by Crippen LogP contribution is -2.01. The Bertz CT molecular complexity index is 280. The molecular formula is C28H58. The summed E-state index contributed by atoms with van der Waals surface area (Å²) < 4.78 is 0. The van der Waals surface area contributed by atoms with Crippen LogP contribution in [0.5, 0.6) is 0 Å². The molecule has 0 aromatic heterocycles. The summed E-state index contributed by atoms with van der Waals surface area (Å²) in [5.74, 6) is 2.80. The Morgan fingerprint density at radius 3 is 1.04 bits per heavy atom. The summed E-state index contributed by atoms with van der Waals surface area (Å²) in [7, 11) is 0. The molecule has 0 fully saturated rings. The summed E-state index contributed by atoms with van der Waals surface area (Å²) in [5.41, 5.74) is 0. The summed E-state index contributed by atoms with van der Waals surface area (Å²) in [4.78, 5) is 0. The third-order valence-electron chi connectivity index (χ3n) is 6.68. The zero-order valence-corrected chi connectivity index (χ0v) is 20.9. The van der Waals surface area contributed by atoms with Gasteiger partial charge in [-0.2, -0.15) is 0 Å². The van der Waals surface area contributed by atoms with Crippen molar-refractivity contribution in [2.24, 2.45) is 17.8 Å². The largest absolute Gasteiger partial charge is 0.0654 e. The van der Waals surface area contributed by atoms with E-state index in [1.165, 1.54) is 128 Å². The molecule has 0 aliphatic carbocycles. The van der Waals surface area contributed by atoms with Crippen molar-refractivity contribution in [1.82, 2.24) is 0 Å². The summed E-state index contributed by atoms with van der Waals surface area (Å²) in [6, 6.07) is 0. The van der Waals surface area contributed by atoms with Gasteiger partial charge in [0.2, 0.25) is 0 Å². The molecule has 0 amide bonds. The highest BCUT2D eigenvalue weighted by Gasteiger charge is 2.07. The second kappa shape index (κ2) is 21.7. The average molecular weight is 395 g/mol. The van der Waals surface area contributed by atoms with Crippen LogP contribution in [0.1, 0.15) is 163 Å². The van der Waals surface area contributed by atoms with E-state index in [1.807, 2.05) is 0 Å². The minimum atomic E-state index is 0.893. The van der Waals surface area contributed by atoms with Gasteiger partial charge < -0.3 is 0 Å². The maximum atomic E-state index is 2.49. The van der Waals surface area contributed by atoms with Gasteiger partial charge in [-0.15, -0.1) is 0 Å². The topological polar surface area (TPSA) is 0 Å². The van der Waals surface area contributed by atoms with E-state index in [-0.39, 0.29) is 0 Å². The Morgan fingerprint density at radius 2 is 0.679 bits per heavy atom. The maximum absolute atomic E-state index is 2.49. The first kappa shape index (κ1) is 28.0. The van der Waals surface area contributed by atoms with Crippen molar-refractivity contribution in [3.05, 3.63) is 0 Å². The molecule has 0 saturated heterocycles. The highest BCUT2D eigenvalue weighted by Crippen LogP contribution is 2.22. The molecule has 0 aromatic carbocycles. The van der Waals surface area contributed by atoms with Crippen LogP contribution >= 0.6 is 0 Å². The van der Waals surface area contributed by atoms with Crippen LogP contribution in [0.2, 0.25) is 0 Å². The molecule has 0 aromatic rings. The Kier molecular flexibility index (Phi) is 21.7. The third-order valence-corrected chi connectivity index (χ3v) is 6.68. The van der Waals surface area contributed by atoms with Crippen molar-refractivity contribution in [3.8, 4) is 0 Å². The summed E-state index contributed by atoms with van der Waals surface area (Å²) >= 11 is 0. The van der Waals surface area contributed by atoms with Crippen molar-refractivity contribution in [1.29, 1.82) is 0 Å². The van der Waals surface area contributed by atoms with Crippen LogP contribution in [0.25, 0.3) is 0 Å². The van der Waals surface area contributed by atoms with Crippen LogP contribution in [0, 0.1) is 17.8 Å². The van der Waals surface area contributed by atoms with Crippen molar-refractivity contribution >= 4 is 0 Å². The number of unbranched alkanes of at least 4 members (excludes halogenated alkanes) is 13. The zero-order chi connectivity index (χ0) is 20.9. The van der Waals surface area contributed by atoms with E-state index >= 15 is 0 Å². The van der Waals surface area contributed by atoms with Crippen molar-refractivity contribution < 1.29 is 0 Å². The van der Waals surface area contributed by atoms with E-state index in [0.717, 1.165) is 17.8 Å². The fraction of sp³-hybridized carbons (Fsp3) is 1.00. The standard InChI is InChI=1S/C28H58/c1-6-7-8-9-10-13-16-19-22-27(4)24-25-28(5)23-20-17-14-11-12-15-18-21-26(2)3/h26-28H,6-25H2,1-5H3. The van der Waals surface area contributed by atoms with Crippen LogP contribution in [-0.2, 0) is 0 Å². The Morgan fingerprint density at radius 1 is 0.357 bits per heavy atom. The van der Waals surface area contributed by atoms with Gasteiger partial charge in [0.15, 0.2) is 0 Å². The molecule has 0 aliphatic heterocycles. The number of rotatable bonds is 22. The highest BCUT2D eigenvalue weighted by molar-refractivity contribution is 4.60. The van der Waals surface area contributed by atoms with Gasteiger partial charge >= 0.3 is 0 Å². The molecule has 0 bridgehead atoms. The van der Waals surface area contributed by atoms with Crippen LogP contribution in [0.4, 0.5) is 0 Å². The number of hydrogen-bond acceptors (Lipinski definition) is 0. The lowest BCUT2D eigenvalue weighted by Gasteiger charge is -2.15. The maximum Gasteiger partial charge on any atom is -0.0443 e. The van der Waals surface area contributed by atoms with Gasteiger partial charge in [-0.25, -0.2) is 0 Å². The lowest BCUT2D eigenvalue weighted by atomic mass is 9.91. The molecule has 0 heteroatoms. The molecule has 0 nitrogen and oxygen atoms in total. The molecule has 0 aliphatic rings. The fourth-order valence-electron chi connectivity index (χ4n) is 4.41. The molecule has 0 saturated carbocycles. The molecule has 28 heavy (non-hydrogen) atoms. The van der Waals surface area contributed by atoms with E-state index in [0.29, 0.717) is 0 Å². The van der Waals surface area contributed by atoms with Gasteiger partial charge in [0.25, 0.3) is 0 Å². The predicted octanol–water partition coefficient (Wildman–Crippen LogP) is 10.7. The van der Waals surface area contributed by atoms with Gasteiger partial charge in [0, 0.05) is 0 Å². The van der Waals surface area contributed by atoms with Crippen LogP contribution in [0.3, 0.4) is 0 Å². The molecule has 2 atom stereocenters. The van der Waals surface area contributed by atoms with E-state index < -0.39 is 0 Å². The second-order valence-corrected chi connectivity index (χ2v) is 10.5. The third kappa shape index (κ3) is 22.3. The smallest absolute Gasteiger partial charge is 0.0443 e. The summed E-state index contributed by atoms with van der Waals surface area (Å²) in [6.07, 6.45) is 29.2. The normalized spacial score (nSPS) is 13.9. The predicted molar refractivity (Wildman–Crippen MR) is 131 cm³/mol. The first-order chi connectivity index (χ1) is 13.6. The quantitative estimate of drug-likeness (QED) is 0.160. The monoisotopic (exact) mass is 394 g/mol. The molecule has 0 heterocycles. The van der Waals surface area contributed by atoms with E-state index in [9.17, 15) is 0 Å². The second-order valence-electron chi connectivity index (χ2n) is 10.5. The molecule has 2 unspecified atom stereocenters. The van der Waals surface area contributed by atoms with Crippen molar-refractivity contribution in [2.45, 2.75) is 163 Å². The summed E-state index contributed by atoms with van der Waals surface area (Å²) in [6.45, 7) is 12.0. The minimum absolute atomic E-state index is 0.893. The molecule has 170 valence electrons. The van der Waals surface area contributed by atoms with Gasteiger partial charge in [0.1, 0.15) is 0 Å². The molecule has 0 N–H and O–H groups in total. The molecule has 0 radical (unpaired) electrons. The van der Waals surface area contributed by atoms with Crippen LogP contribution in [-0.4, -0.2) is 0 Å².